The lowest BCUT2D eigenvalue weighted by atomic mass is 9.85. The molecule has 1 amide bonds. The van der Waals surface area contributed by atoms with Crippen LogP contribution in [0.5, 0.6) is 0 Å². The van der Waals surface area contributed by atoms with E-state index in [0.29, 0.717) is 12.0 Å². The van der Waals surface area contributed by atoms with Crippen LogP contribution in [0.25, 0.3) is 11.3 Å². The maximum atomic E-state index is 12.7. The lowest BCUT2D eigenvalue weighted by molar-refractivity contribution is -0.117. The van der Waals surface area contributed by atoms with Gasteiger partial charge in [0.15, 0.2) is 0 Å². The molecule has 3 unspecified atom stereocenters. The van der Waals surface area contributed by atoms with Crippen LogP contribution in [0.15, 0.2) is 36.5 Å². The van der Waals surface area contributed by atoms with E-state index in [9.17, 15) is 4.79 Å². The second kappa shape index (κ2) is 8.14. The van der Waals surface area contributed by atoms with Gasteiger partial charge in [-0.3, -0.25) is 4.79 Å². The van der Waals surface area contributed by atoms with Crippen LogP contribution in [-0.4, -0.2) is 28.0 Å². The van der Waals surface area contributed by atoms with E-state index in [2.05, 4.69) is 20.6 Å². The number of nitrogens with zero attached hydrogens (tertiary/aromatic N) is 2. The summed E-state index contributed by atoms with van der Waals surface area (Å²) in [7, 11) is 0. The monoisotopic (exact) mass is 372 g/mol. The lowest BCUT2D eigenvalue weighted by Crippen LogP contribution is -2.39. The first kappa shape index (κ1) is 18.8. The smallest absolute Gasteiger partial charge is 0.241 e. The average Bonchev–Trinajstić information content (AvgIpc) is 3.06. The van der Waals surface area contributed by atoms with Crippen LogP contribution in [0.2, 0.25) is 0 Å². The molecule has 2 aliphatic rings. The molecule has 1 saturated heterocycles. The van der Waals surface area contributed by atoms with Crippen molar-refractivity contribution in [1.82, 2.24) is 15.3 Å². The minimum Gasteiger partial charge on any atom is -0.325 e. The number of amides is 1. The predicted molar refractivity (Wildman–Crippen MR) is 105 cm³/mol. The number of carbonyl (C=O) groups excluding carboxylic acids is 1. The van der Waals surface area contributed by atoms with Crippen LogP contribution in [0.3, 0.4) is 0 Å². The van der Waals surface area contributed by atoms with Crippen molar-refractivity contribution in [3.8, 4) is 11.3 Å². The number of rotatable bonds is 3. The standard InChI is InChI=1S/C20H24N4O.ClH/c1-13-21-10-9-18(22-13)14-6-4-7-16(11-14)23-20(25)19-12-15-5-2-3-8-17(15)24-19;/h4,6-7,9-11,15,17,19,24H,2-3,5,8,12H2,1H3,(H,23,25);1H. The van der Waals surface area contributed by atoms with Crippen molar-refractivity contribution in [2.75, 3.05) is 5.32 Å². The zero-order valence-electron chi connectivity index (χ0n) is 14.9. The Hall–Kier alpha value is -1.98. The summed E-state index contributed by atoms with van der Waals surface area (Å²) in [5.41, 5.74) is 2.67. The van der Waals surface area contributed by atoms with E-state index < -0.39 is 0 Å². The summed E-state index contributed by atoms with van der Waals surface area (Å²) < 4.78 is 0. The normalized spacial score (nSPS) is 24.4. The van der Waals surface area contributed by atoms with Crippen molar-refractivity contribution >= 4 is 24.0 Å². The molecule has 0 radical (unpaired) electrons. The SMILES string of the molecule is Cc1nccc(-c2cccc(NC(=O)C3CC4CCCCC4N3)c2)n1.Cl. The Morgan fingerprint density at radius 1 is 1.23 bits per heavy atom. The highest BCUT2D eigenvalue weighted by Gasteiger charge is 2.38. The molecule has 1 aromatic heterocycles. The van der Waals surface area contributed by atoms with Crippen LogP contribution in [0.4, 0.5) is 5.69 Å². The number of halogens is 1. The Morgan fingerprint density at radius 2 is 2.08 bits per heavy atom. The molecule has 2 fully saturated rings. The Bertz CT molecular complexity index is 768. The summed E-state index contributed by atoms with van der Waals surface area (Å²) in [6.07, 6.45) is 7.76. The van der Waals surface area contributed by atoms with Gasteiger partial charge in [0, 0.05) is 23.5 Å². The number of aryl methyl sites for hydroxylation is 1. The Labute approximate surface area is 160 Å². The highest BCUT2D eigenvalue weighted by molar-refractivity contribution is 5.95. The van der Waals surface area contributed by atoms with Crippen molar-refractivity contribution in [1.29, 1.82) is 0 Å². The number of fused-ring (bicyclic) bond motifs is 1. The molecule has 2 aromatic rings. The van der Waals surface area contributed by atoms with Crippen LogP contribution in [-0.2, 0) is 4.79 Å². The van der Waals surface area contributed by atoms with E-state index in [-0.39, 0.29) is 24.4 Å². The first-order valence-electron chi connectivity index (χ1n) is 9.16. The van der Waals surface area contributed by atoms with E-state index in [1.54, 1.807) is 6.20 Å². The van der Waals surface area contributed by atoms with Crippen molar-refractivity contribution < 1.29 is 4.79 Å². The molecule has 1 aliphatic heterocycles. The number of benzene rings is 1. The quantitative estimate of drug-likeness (QED) is 0.861. The van der Waals surface area contributed by atoms with E-state index in [0.717, 1.165) is 29.2 Å². The lowest BCUT2D eigenvalue weighted by Gasteiger charge is -2.24. The van der Waals surface area contributed by atoms with Crippen molar-refractivity contribution in [3.63, 3.8) is 0 Å². The molecule has 5 nitrogen and oxygen atoms in total. The average molecular weight is 373 g/mol. The third-order valence-corrected chi connectivity index (χ3v) is 5.38. The molecule has 6 heteroatoms. The van der Waals surface area contributed by atoms with Crippen molar-refractivity contribution in [2.24, 2.45) is 5.92 Å². The van der Waals surface area contributed by atoms with Gasteiger partial charge < -0.3 is 10.6 Å². The summed E-state index contributed by atoms with van der Waals surface area (Å²) in [6.45, 7) is 1.88. The van der Waals surface area contributed by atoms with Crippen molar-refractivity contribution in [2.45, 2.75) is 51.1 Å². The van der Waals surface area contributed by atoms with Gasteiger partial charge >= 0.3 is 0 Å². The molecule has 138 valence electrons. The van der Waals surface area contributed by atoms with Crippen LogP contribution in [0, 0.1) is 12.8 Å². The second-order valence-corrected chi connectivity index (χ2v) is 7.17. The molecular formula is C20H25ClN4O. The number of nitrogens with one attached hydrogen (secondary N) is 2. The van der Waals surface area contributed by atoms with Gasteiger partial charge in [0.05, 0.1) is 11.7 Å². The van der Waals surface area contributed by atoms with E-state index in [4.69, 9.17) is 0 Å². The molecule has 3 atom stereocenters. The van der Waals surface area contributed by atoms with Crippen molar-refractivity contribution in [3.05, 3.63) is 42.4 Å². The second-order valence-electron chi connectivity index (χ2n) is 7.17. The minimum atomic E-state index is -0.0712. The summed E-state index contributed by atoms with van der Waals surface area (Å²) in [5.74, 6) is 1.48. The zero-order chi connectivity index (χ0) is 17.2. The summed E-state index contributed by atoms with van der Waals surface area (Å²) in [6, 6.07) is 10.2. The predicted octanol–water partition coefficient (Wildman–Crippen LogP) is 3.73. The Morgan fingerprint density at radius 3 is 2.88 bits per heavy atom. The third kappa shape index (κ3) is 4.05. The van der Waals surface area contributed by atoms with E-state index in [1.807, 2.05) is 37.3 Å². The molecule has 4 rings (SSSR count). The topological polar surface area (TPSA) is 66.9 Å². The van der Waals surface area contributed by atoms with Gasteiger partial charge in [-0.05, 0) is 50.3 Å². The van der Waals surface area contributed by atoms with Gasteiger partial charge in [-0.2, -0.15) is 0 Å². The molecule has 0 spiro atoms. The fourth-order valence-corrected chi connectivity index (χ4v) is 4.12. The van der Waals surface area contributed by atoms with Crippen LogP contribution < -0.4 is 10.6 Å². The molecule has 2 heterocycles. The van der Waals surface area contributed by atoms with Gasteiger partial charge in [0.25, 0.3) is 0 Å². The van der Waals surface area contributed by atoms with Gasteiger partial charge in [-0.1, -0.05) is 25.0 Å². The summed E-state index contributed by atoms with van der Waals surface area (Å²) in [4.78, 5) is 21.2. The Balaban J connectivity index is 0.00000196. The molecule has 1 saturated carbocycles. The molecule has 2 N–H and O–H groups in total. The first-order chi connectivity index (χ1) is 12.2. The fourth-order valence-electron chi connectivity index (χ4n) is 4.12. The maximum absolute atomic E-state index is 12.7. The fraction of sp³-hybridized carbons (Fsp3) is 0.450. The van der Waals surface area contributed by atoms with Gasteiger partial charge in [-0.15, -0.1) is 12.4 Å². The minimum absolute atomic E-state index is 0. The molecular weight excluding hydrogens is 348 g/mol. The highest BCUT2D eigenvalue weighted by atomic mass is 35.5. The molecule has 1 aliphatic carbocycles. The largest absolute Gasteiger partial charge is 0.325 e. The van der Waals surface area contributed by atoms with Crippen LogP contribution in [0.1, 0.15) is 37.9 Å². The van der Waals surface area contributed by atoms with E-state index in [1.165, 1.54) is 25.7 Å². The van der Waals surface area contributed by atoms with Crippen LogP contribution >= 0.6 is 12.4 Å². The number of carbonyl (C=O) groups is 1. The van der Waals surface area contributed by atoms with Gasteiger partial charge in [0.2, 0.25) is 5.91 Å². The highest BCUT2D eigenvalue weighted by Crippen LogP contribution is 2.33. The molecule has 1 aromatic carbocycles. The Kier molecular flexibility index (Phi) is 5.89. The molecule has 0 bridgehead atoms. The number of hydrogen-bond acceptors (Lipinski definition) is 4. The maximum Gasteiger partial charge on any atom is 0.241 e. The number of anilines is 1. The third-order valence-electron chi connectivity index (χ3n) is 5.38. The van der Waals surface area contributed by atoms with Gasteiger partial charge in [0.1, 0.15) is 5.82 Å². The summed E-state index contributed by atoms with van der Waals surface area (Å²) in [5, 5.41) is 6.61. The van der Waals surface area contributed by atoms with E-state index >= 15 is 0 Å². The number of aromatic nitrogens is 2. The summed E-state index contributed by atoms with van der Waals surface area (Å²) >= 11 is 0. The zero-order valence-corrected chi connectivity index (χ0v) is 15.8. The van der Waals surface area contributed by atoms with Gasteiger partial charge in [-0.25, -0.2) is 9.97 Å². The first-order valence-corrected chi connectivity index (χ1v) is 9.16. The molecule has 26 heavy (non-hydrogen) atoms. The number of hydrogen-bond donors (Lipinski definition) is 2.